The van der Waals surface area contributed by atoms with Crippen molar-refractivity contribution in [2.45, 2.75) is 123 Å². The Bertz CT molecular complexity index is 1020. The quantitative estimate of drug-likeness (QED) is 0.384. The lowest BCUT2D eigenvalue weighted by molar-refractivity contribution is -0.145. The number of Topliss-reactive ketones (excluding diaryl/α,β-unsaturated/α-hetero) is 1. The van der Waals surface area contributed by atoms with Crippen molar-refractivity contribution in [3.8, 4) is 5.75 Å². The van der Waals surface area contributed by atoms with Crippen LogP contribution >= 0.6 is 0 Å². The number of aliphatic hydroxyl groups excluding tert-OH is 1. The van der Waals surface area contributed by atoms with Gasteiger partial charge in [0.25, 0.3) is 0 Å². The van der Waals surface area contributed by atoms with Gasteiger partial charge in [-0.3, -0.25) is 4.79 Å². The topological polar surface area (TPSA) is 58.6 Å². The predicted octanol–water partition coefficient (Wildman–Crippen LogP) is 7.32. The average Bonchev–Trinajstić information content (AvgIpc) is 3.26. The molecule has 0 aromatic heterocycles. The van der Waals surface area contributed by atoms with Crippen molar-refractivity contribution in [3.05, 3.63) is 29.8 Å². The van der Waals surface area contributed by atoms with Crippen molar-refractivity contribution in [2.24, 2.45) is 46.3 Å². The fourth-order valence-corrected chi connectivity index (χ4v) is 10.5. The van der Waals surface area contributed by atoms with Crippen molar-refractivity contribution in [1.29, 1.82) is 0 Å². The lowest BCUT2D eigenvalue weighted by Crippen LogP contribution is -2.55. The van der Waals surface area contributed by atoms with E-state index in [0.29, 0.717) is 41.6 Å². The number of aliphatic hydroxyl groups is 1. The van der Waals surface area contributed by atoms with Crippen LogP contribution in [-0.4, -0.2) is 29.6 Å². The Balaban J connectivity index is 1.07. The van der Waals surface area contributed by atoms with E-state index in [1.54, 1.807) is 0 Å². The monoisotopic (exact) mass is 535 g/mol. The van der Waals surface area contributed by atoms with Gasteiger partial charge in [-0.2, -0.15) is 0 Å². The molecule has 0 amide bonds. The van der Waals surface area contributed by atoms with Crippen molar-refractivity contribution < 1.29 is 14.6 Å². The highest BCUT2D eigenvalue weighted by Gasteiger charge is 2.61. The van der Waals surface area contributed by atoms with Gasteiger partial charge in [0.05, 0.1) is 12.7 Å². The number of nitrogens with one attached hydrogen (secondary N) is 1. The van der Waals surface area contributed by atoms with Crippen LogP contribution < -0.4 is 10.1 Å². The summed E-state index contributed by atoms with van der Waals surface area (Å²) < 4.78 is 6.41. The highest BCUT2D eigenvalue weighted by molar-refractivity contribution is 5.79. The second-order valence-electron chi connectivity index (χ2n) is 14.8. The molecule has 216 valence electrons. The standard InChI is InChI=1S/C35H53NO3/c1-23-6-4-9-32(24(23)2)36-22-25-7-5-8-28(20-25)39-19-18-35-17-15-30-29(31(35)12-13-33(35)38)11-10-26-21-27(37)14-16-34(26,30)3/h5,7-8,20,23-24,26,29-33,36,38H,4,6,9-19,21-22H2,1-3H3/t23-,24-,26?,29?,30?,31?,32?,33-,34-,35+/m0/s1. The minimum absolute atomic E-state index is 0.0157. The predicted molar refractivity (Wildman–Crippen MR) is 156 cm³/mol. The van der Waals surface area contributed by atoms with Crippen molar-refractivity contribution in [1.82, 2.24) is 5.32 Å². The molecule has 0 bridgehead atoms. The number of ketones is 1. The van der Waals surface area contributed by atoms with E-state index >= 15 is 0 Å². The zero-order valence-corrected chi connectivity index (χ0v) is 24.8. The fraction of sp³-hybridized carbons (Fsp3) is 0.800. The van der Waals surface area contributed by atoms with Gasteiger partial charge in [0.15, 0.2) is 0 Å². The third kappa shape index (κ3) is 5.11. The Morgan fingerprint density at radius 2 is 1.90 bits per heavy atom. The molecule has 5 aliphatic carbocycles. The maximum absolute atomic E-state index is 12.2. The van der Waals surface area contributed by atoms with E-state index in [4.69, 9.17) is 4.74 Å². The van der Waals surface area contributed by atoms with E-state index in [9.17, 15) is 9.90 Å². The SMILES string of the molecule is C[C@@H]1C(NCc2cccc(OCC[C@]34CCC5C(CCC6CC(=O)CC[C@@]65C)C3CC[C@@H]4O)c2)CCC[C@@H]1C. The summed E-state index contributed by atoms with van der Waals surface area (Å²) in [6.07, 6.45) is 14.4. The van der Waals surface area contributed by atoms with Crippen LogP contribution in [0.5, 0.6) is 5.75 Å². The Morgan fingerprint density at radius 3 is 2.77 bits per heavy atom. The first-order chi connectivity index (χ1) is 18.8. The lowest BCUT2D eigenvalue weighted by Gasteiger charge is -2.60. The molecule has 0 spiro atoms. The molecule has 1 aromatic rings. The van der Waals surface area contributed by atoms with Crippen LogP contribution in [0.2, 0.25) is 0 Å². The number of carbonyl (C=O) groups is 1. The summed E-state index contributed by atoms with van der Waals surface area (Å²) in [4.78, 5) is 12.2. The molecule has 4 nitrogen and oxygen atoms in total. The number of hydrogen-bond acceptors (Lipinski definition) is 4. The average molecular weight is 536 g/mol. The molecule has 2 N–H and O–H groups in total. The van der Waals surface area contributed by atoms with E-state index in [1.807, 2.05) is 0 Å². The van der Waals surface area contributed by atoms with Crippen LogP contribution in [0.3, 0.4) is 0 Å². The first kappa shape index (κ1) is 27.8. The number of ether oxygens (including phenoxy) is 1. The smallest absolute Gasteiger partial charge is 0.133 e. The molecule has 39 heavy (non-hydrogen) atoms. The number of hydrogen-bond donors (Lipinski definition) is 2. The Hall–Kier alpha value is -1.39. The largest absolute Gasteiger partial charge is 0.494 e. The van der Waals surface area contributed by atoms with Crippen LogP contribution in [0.25, 0.3) is 0 Å². The van der Waals surface area contributed by atoms with Gasteiger partial charge in [-0.25, -0.2) is 0 Å². The molecule has 5 aliphatic rings. The van der Waals surface area contributed by atoms with Crippen LogP contribution in [0, 0.1) is 46.3 Å². The molecule has 5 saturated carbocycles. The fourth-order valence-electron chi connectivity index (χ4n) is 10.5. The lowest BCUT2D eigenvalue weighted by atomic mass is 9.44. The number of carbonyl (C=O) groups excluding carboxylic acids is 1. The third-order valence-electron chi connectivity index (χ3n) is 13.2. The number of benzene rings is 1. The van der Waals surface area contributed by atoms with Crippen LogP contribution in [0.4, 0.5) is 0 Å². The van der Waals surface area contributed by atoms with E-state index in [0.717, 1.165) is 68.6 Å². The molecule has 0 saturated heterocycles. The van der Waals surface area contributed by atoms with Crippen LogP contribution in [0.15, 0.2) is 24.3 Å². The second kappa shape index (κ2) is 11.1. The molecule has 5 unspecified atom stereocenters. The van der Waals surface area contributed by atoms with E-state index < -0.39 is 0 Å². The highest BCUT2D eigenvalue weighted by atomic mass is 16.5. The van der Waals surface area contributed by atoms with Gasteiger partial charge in [-0.1, -0.05) is 45.7 Å². The zero-order chi connectivity index (χ0) is 27.2. The Morgan fingerprint density at radius 1 is 1.03 bits per heavy atom. The molecule has 5 fully saturated rings. The first-order valence-corrected chi connectivity index (χ1v) is 16.4. The van der Waals surface area contributed by atoms with E-state index in [1.165, 1.54) is 50.5 Å². The summed E-state index contributed by atoms with van der Waals surface area (Å²) >= 11 is 0. The Labute approximate surface area is 237 Å². The summed E-state index contributed by atoms with van der Waals surface area (Å²) in [6.45, 7) is 8.90. The summed E-state index contributed by atoms with van der Waals surface area (Å²) in [7, 11) is 0. The molecule has 1 aromatic carbocycles. The van der Waals surface area contributed by atoms with Crippen molar-refractivity contribution in [3.63, 3.8) is 0 Å². The normalized spacial score (nSPS) is 43.8. The van der Waals surface area contributed by atoms with Gasteiger partial charge < -0.3 is 15.2 Å². The van der Waals surface area contributed by atoms with Gasteiger partial charge in [0, 0.05) is 30.8 Å². The first-order valence-electron chi connectivity index (χ1n) is 16.4. The summed E-state index contributed by atoms with van der Waals surface area (Å²) in [5, 5.41) is 15.2. The van der Waals surface area contributed by atoms with Gasteiger partial charge in [-0.05, 0) is 116 Å². The number of fused-ring (bicyclic) bond motifs is 5. The third-order valence-corrected chi connectivity index (χ3v) is 13.2. The van der Waals surface area contributed by atoms with Gasteiger partial charge in [0.2, 0.25) is 0 Å². The Kier molecular flexibility index (Phi) is 7.92. The van der Waals surface area contributed by atoms with Crippen molar-refractivity contribution >= 4 is 5.78 Å². The molecule has 0 aliphatic heterocycles. The van der Waals surface area contributed by atoms with Crippen LogP contribution in [0.1, 0.15) is 110 Å². The van der Waals surface area contributed by atoms with Gasteiger partial charge >= 0.3 is 0 Å². The van der Waals surface area contributed by atoms with Gasteiger partial charge in [0.1, 0.15) is 11.5 Å². The molecular formula is C35H53NO3. The van der Waals surface area contributed by atoms with Crippen molar-refractivity contribution in [2.75, 3.05) is 6.61 Å². The maximum Gasteiger partial charge on any atom is 0.133 e. The minimum atomic E-state index is -0.194. The maximum atomic E-state index is 12.2. The summed E-state index contributed by atoms with van der Waals surface area (Å²) in [5.41, 5.74) is 1.64. The molecule has 0 radical (unpaired) electrons. The van der Waals surface area contributed by atoms with Gasteiger partial charge in [-0.15, -0.1) is 0 Å². The molecule has 0 heterocycles. The molecule has 6 rings (SSSR count). The second-order valence-corrected chi connectivity index (χ2v) is 14.8. The molecule has 4 heteroatoms. The molecular weight excluding hydrogens is 482 g/mol. The summed E-state index contributed by atoms with van der Waals surface area (Å²) in [6, 6.07) is 9.26. The minimum Gasteiger partial charge on any atom is -0.494 e. The van der Waals surface area contributed by atoms with Crippen LogP contribution in [-0.2, 0) is 11.3 Å². The molecule has 10 atom stereocenters. The summed E-state index contributed by atoms with van der Waals surface area (Å²) in [5.74, 6) is 5.64. The van der Waals surface area contributed by atoms with E-state index in [2.05, 4.69) is 50.4 Å². The van der Waals surface area contributed by atoms with E-state index in [-0.39, 0.29) is 11.5 Å². The number of rotatable bonds is 7. The zero-order valence-electron chi connectivity index (χ0n) is 24.8. The highest BCUT2D eigenvalue weighted by Crippen LogP contribution is 2.66.